The first-order chi connectivity index (χ1) is 9.47. The van der Waals surface area contributed by atoms with Crippen LogP contribution in [0.4, 0.5) is 0 Å². The molecular weight excluding hydrogens is 358 g/mol. The van der Waals surface area contributed by atoms with Crippen molar-refractivity contribution in [1.82, 2.24) is 4.90 Å². The summed E-state index contributed by atoms with van der Waals surface area (Å²) in [5.74, 6) is -0.0623. The predicted molar refractivity (Wildman–Crippen MR) is 88.6 cm³/mol. The van der Waals surface area contributed by atoms with E-state index in [1.807, 2.05) is 36.4 Å². The highest BCUT2D eigenvalue weighted by atomic mass is 79.9. The van der Waals surface area contributed by atoms with Gasteiger partial charge in [0.1, 0.15) is 0 Å². The van der Waals surface area contributed by atoms with Crippen LogP contribution in [-0.4, -0.2) is 17.9 Å². The summed E-state index contributed by atoms with van der Waals surface area (Å²) in [5, 5.41) is 0.668. The molecule has 0 aromatic heterocycles. The number of amides is 1. The fourth-order valence-electron chi connectivity index (χ4n) is 1.86. The van der Waals surface area contributed by atoms with Crippen molar-refractivity contribution in [2.24, 2.45) is 0 Å². The van der Waals surface area contributed by atoms with Gasteiger partial charge in [-0.25, -0.2) is 0 Å². The normalized spacial score (nSPS) is 10.4. The van der Waals surface area contributed by atoms with Gasteiger partial charge in [0.05, 0.1) is 5.56 Å². The molecule has 20 heavy (non-hydrogen) atoms. The van der Waals surface area contributed by atoms with Crippen molar-refractivity contribution in [2.75, 3.05) is 7.05 Å². The largest absolute Gasteiger partial charge is 0.337 e. The molecule has 0 aliphatic rings. The highest BCUT2D eigenvalue weighted by Crippen LogP contribution is 2.22. The van der Waals surface area contributed by atoms with Gasteiger partial charge in [-0.1, -0.05) is 23.7 Å². The Morgan fingerprint density at radius 3 is 2.75 bits per heavy atom. The smallest absolute Gasteiger partial charge is 0.255 e. The summed E-state index contributed by atoms with van der Waals surface area (Å²) in [6, 6.07) is 12.9. The maximum absolute atomic E-state index is 12.4. The average molecular weight is 371 g/mol. The molecule has 2 aromatic carbocycles. The first kappa shape index (κ1) is 15.4. The second-order valence-electron chi connectivity index (χ2n) is 4.46. The van der Waals surface area contributed by atoms with Gasteiger partial charge >= 0.3 is 0 Å². The van der Waals surface area contributed by atoms with E-state index in [-0.39, 0.29) is 5.91 Å². The van der Waals surface area contributed by atoms with Gasteiger partial charge in [-0.3, -0.25) is 4.79 Å². The van der Waals surface area contributed by atoms with Crippen LogP contribution in [0.15, 0.2) is 51.8 Å². The summed E-state index contributed by atoms with van der Waals surface area (Å²) in [7, 11) is 1.76. The van der Waals surface area contributed by atoms with Gasteiger partial charge < -0.3 is 4.90 Å². The van der Waals surface area contributed by atoms with Crippen molar-refractivity contribution < 1.29 is 4.79 Å². The lowest BCUT2D eigenvalue weighted by Gasteiger charge is -2.18. The highest BCUT2D eigenvalue weighted by molar-refractivity contribution is 9.10. The van der Waals surface area contributed by atoms with Gasteiger partial charge in [0, 0.05) is 28.0 Å². The Morgan fingerprint density at radius 2 is 2.05 bits per heavy atom. The van der Waals surface area contributed by atoms with Gasteiger partial charge in [-0.05, 0) is 51.8 Å². The summed E-state index contributed by atoms with van der Waals surface area (Å²) in [5.41, 5.74) is 1.59. The Bertz CT molecular complexity index is 648. The first-order valence-electron chi connectivity index (χ1n) is 5.96. The molecule has 0 radical (unpaired) electrons. The minimum Gasteiger partial charge on any atom is -0.337 e. The SMILES string of the molecule is CN(Cc1cccc(Cl)c1)C(=O)c1cc(S)ccc1Br. The number of carbonyl (C=O) groups is 1. The van der Waals surface area contributed by atoms with Gasteiger partial charge in [0.2, 0.25) is 0 Å². The highest BCUT2D eigenvalue weighted by Gasteiger charge is 2.15. The van der Waals surface area contributed by atoms with Crippen molar-refractivity contribution in [3.63, 3.8) is 0 Å². The molecule has 0 bridgehead atoms. The molecule has 5 heteroatoms. The molecule has 0 aliphatic heterocycles. The zero-order valence-electron chi connectivity index (χ0n) is 10.8. The van der Waals surface area contributed by atoms with E-state index < -0.39 is 0 Å². The van der Waals surface area contributed by atoms with E-state index in [0.717, 1.165) is 14.9 Å². The predicted octanol–water partition coefficient (Wildman–Crippen LogP) is 4.66. The standard InChI is InChI=1S/C15H13BrClNOS/c1-18(9-10-3-2-4-11(17)7-10)15(19)13-8-12(20)5-6-14(13)16/h2-8,20H,9H2,1H3. The molecule has 0 aliphatic carbocycles. The van der Waals surface area contributed by atoms with E-state index in [1.54, 1.807) is 18.0 Å². The maximum Gasteiger partial charge on any atom is 0.255 e. The van der Waals surface area contributed by atoms with Crippen molar-refractivity contribution in [3.05, 3.63) is 63.1 Å². The fourth-order valence-corrected chi connectivity index (χ4v) is 2.70. The Morgan fingerprint density at radius 1 is 1.30 bits per heavy atom. The molecule has 104 valence electrons. The molecule has 2 rings (SSSR count). The molecule has 2 nitrogen and oxygen atoms in total. The number of hydrogen-bond donors (Lipinski definition) is 1. The van der Waals surface area contributed by atoms with Gasteiger partial charge in [0.25, 0.3) is 5.91 Å². The Balaban J connectivity index is 2.18. The summed E-state index contributed by atoms with van der Waals surface area (Å²) in [6.07, 6.45) is 0. The van der Waals surface area contributed by atoms with Crippen LogP contribution < -0.4 is 0 Å². The van der Waals surface area contributed by atoms with Crippen LogP contribution >= 0.6 is 40.2 Å². The quantitative estimate of drug-likeness (QED) is 0.779. The van der Waals surface area contributed by atoms with Gasteiger partial charge in [-0.2, -0.15) is 0 Å². The summed E-state index contributed by atoms with van der Waals surface area (Å²) in [4.78, 5) is 14.8. The van der Waals surface area contributed by atoms with Crippen molar-refractivity contribution >= 4 is 46.1 Å². The van der Waals surface area contributed by atoms with E-state index >= 15 is 0 Å². The minimum absolute atomic E-state index is 0.0623. The molecule has 0 fully saturated rings. The molecular formula is C15H13BrClNOS. The first-order valence-corrected chi connectivity index (χ1v) is 7.57. The lowest BCUT2D eigenvalue weighted by Crippen LogP contribution is -2.26. The number of thiol groups is 1. The number of halogens is 2. The Hall–Kier alpha value is -0.970. The molecule has 0 N–H and O–H groups in total. The van der Waals surface area contributed by atoms with Crippen molar-refractivity contribution in [2.45, 2.75) is 11.4 Å². The van der Waals surface area contributed by atoms with Crippen LogP contribution in [0.3, 0.4) is 0 Å². The lowest BCUT2D eigenvalue weighted by molar-refractivity contribution is 0.0784. The summed E-state index contributed by atoms with van der Waals surface area (Å²) >= 11 is 13.6. The van der Waals surface area contributed by atoms with Crippen molar-refractivity contribution in [3.8, 4) is 0 Å². The third-order valence-electron chi connectivity index (χ3n) is 2.84. The zero-order chi connectivity index (χ0) is 14.7. The monoisotopic (exact) mass is 369 g/mol. The summed E-state index contributed by atoms with van der Waals surface area (Å²) in [6.45, 7) is 0.503. The molecule has 2 aromatic rings. The number of hydrogen-bond acceptors (Lipinski definition) is 2. The Kier molecular flexibility index (Phi) is 5.13. The van der Waals surface area contributed by atoms with E-state index in [4.69, 9.17) is 11.6 Å². The van der Waals surface area contributed by atoms with E-state index in [2.05, 4.69) is 28.6 Å². The maximum atomic E-state index is 12.4. The fraction of sp³-hybridized carbons (Fsp3) is 0.133. The van der Waals surface area contributed by atoms with Crippen LogP contribution in [0.2, 0.25) is 5.02 Å². The van der Waals surface area contributed by atoms with Crippen LogP contribution in [0.25, 0.3) is 0 Å². The molecule has 0 atom stereocenters. The number of rotatable bonds is 3. The van der Waals surface area contributed by atoms with Crippen LogP contribution in [0.5, 0.6) is 0 Å². The van der Waals surface area contributed by atoms with Crippen molar-refractivity contribution in [1.29, 1.82) is 0 Å². The number of nitrogens with zero attached hydrogens (tertiary/aromatic N) is 1. The van der Waals surface area contributed by atoms with E-state index in [9.17, 15) is 4.79 Å². The zero-order valence-corrected chi connectivity index (χ0v) is 14.0. The van der Waals surface area contributed by atoms with Crippen LogP contribution in [-0.2, 0) is 6.54 Å². The average Bonchev–Trinajstić information content (AvgIpc) is 2.40. The third kappa shape index (κ3) is 3.78. The molecule has 0 saturated heterocycles. The lowest BCUT2D eigenvalue weighted by atomic mass is 10.1. The number of carbonyl (C=O) groups excluding carboxylic acids is 1. The molecule has 0 spiro atoms. The number of benzene rings is 2. The molecule has 0 saturated carbocycles. The molecule has 1 amide bonds. The van der Waals surface area contributed by atoms with E-state index in [0.29, 0.717) is 17.1 Å². The van der Waals surface area contributed by atoms with Gasteiger partial charge in [-0.15, -0.1) is 12.6 Å². The Labute approximate surface area is 137 Å². The van der Waals surface area contributed by atoms with Crippen LogP contribution in [0.1, 0.15) is 15.9 Å². The van der Waals surface area contributed by atoms with Crippen LogP contribution in [0, 0.1) is 0 Å². The summed E-state index contributed by atoms with van der Waals surface area (Å²) < 4.78 is 0.762. The topological polar surface area (TPSA) is 20.3 Å². The molecule has 0 unspecified atom stereocenters. The molecule has 0 heterocycles. The second kappa shape index (κ2) is 6.66. The third-order valence-corrected chi connectivity index (χ3v) is 4.04. The minimum atomic E-state index is -0.0623. The van der Waals surface area contributed by atoms with E-state index in [1.165, 1.54) is 0 Å². The second-order valence-corrected chi connectivity index (χ2v) is 6.26. The van der Waals surface area contributed by atoms with Gasteiger partial charge in [0.15, 0.2) is 0 Å².